The van der Waals surface area contributed by atoms with Gasteiger partial charge in [0.05, 0.1) is 11.6 Å². The monoisotopic (exact) mass is 358 g/mol. The third-order valence-corrected chi connectivity index (χ3v) is 5.42. The molecule has 5 nitrogen and oxygen atoms in total. The Morgan fingerprint density at radius 1 is 1.28 bits per heavy atom. The SMILES string of the molecule is O=C(N[C@H]1CC2(CCCC2)Oc2ccccc21)c1c[nH]c(=O)c(Cl)c1. The summed E-state index contributed by atoms with van der Waals surface area (Å²) in [6.07, 6.45) is 6.47. The van der Waals surface area contributed by atoms with E-state index in [1.165, 1.54) is 12.3 Å². The summed E-state index contributed by atoms with van der Waals surface area (Å²) in [5.74, 6) is 0.591. The first-order valence-electron chi connectivity index (χ1n) is 8.53. The summed E-state index contributed by atoms with van der Waals surface area (Å²) in [7, 11) is 0. The molecule has 0 bridgehead atoms. The molecule has 1 spiro atoms. The summed E-state index contributed by atoms with van der Waals surface area (Å²) in [4.78, 5) is 26.5. The van der Waals surface area contributed by atoms with E-state index in [0.29, 0.717) is 5.56 Å². The van der Waals surface area contributed by atoms with E-state index in [-0.39, 0.29) is 22.6 Å². The molecule has 1 aromatic heterocycles. The fourth-order valence-corrected chi connectivity index (χ4v) is 4.07. The van der Waals surface area contributed by atoms with Crippen molar-refractivity contribution in [2.24, 2.45) is 0 Å². The Morgan fingerprint density at radius 2 is 2.04 bits per heavy atom. The molecule has 1 atom stereocenters. The Labute approximate surface area is 150 Å². The maximum atomic E-state index is 12.7. The zero-order chi connectivity index (χ0) is 17.4. The van der Waals surface area contributed by atoms with Crippen molar-refractivity contribution < 1.29 is 9.53 Å². The summed E-state index contributed by atoms with van der Waals surface area (Å²) in [5, 5.41) is 3.10. The summed E-state index contributed by atoms with van der Waals surface area (Å²) >= 11 is 5.84. The van der Waals surface area contributed by atoms with Gasteiger partial charge < -0.3 is 15.0 Å². The molecule has 1 aromatic carbocycles. The maximum Gasteiger partial charge on any atom is 0.266 e. The van der Waals surface area contributed by atoms with Crippen molar-refractivity contribution in [2.45, 2.75) is 43.7 Å². The maximum absolute atomic E-state index is 12.7. The van der Waals surface area contributed by atoms with Crippen molar-refractivity contribution in [3.05, 3.63) is 63.0 Å². The highest BCUT2D eigenvalue weighted by Crippen LogP contribution is 2.47. The standard InChI is InChI=1S/C19H19ClN2O3/c20-14-9-12(11-21-18(14)24)17(23)22-15-10-19(7-3-4-8-19)25-16-6-2-1-5-13(15)16/h1-2,5-6,9,11,15H,3-4,7-8,10H2,(H,21,24)(H,22,23)/t15-/m0/s1. The molecule has 0 saturated heterocycles. The molecule has 2 aromatic rings. The minimum Gasteiger partial charge on any atom is -0.487 e. The molecule has 6 heteroatoms. The normalized spacial score (nSPS) is 20.8. The topological polar surface area (TPSA) is 71.2 Å². The van der Waals surface area contributed by atoms with Gasteiger partial charge in [-0.1, -0.05) is 29.8 Å². The molecule has 4 rings (SSSR count). The number of rotatable bonds is 2. The molecule has 1 amide bonds. The van der Waals surface area contributed by atoms with Gasteiger partial charge in [0.15, 0.2) is 0 Å². The lowest BCUT2D eigenvalue weighted by molar-refractivity contribution is 0.0360. The number of fused-ring (bicyclic) bond motifs is 1. The predicted molar refractivity (Wildman–Crippen MR) is 95.2 cm³/mol. The molecule has 0 unspecified atom stereocenters. The Kier molecular flexibility index (Phi) is 4.04. The van der Waals surface area contributed by atoms with Crippen LogP contribution in [0, 0.1) is 0 Å². The Morgan fingerprint density at radius 3 is 2.80 bits per heavy atom. The van der Waals surface area contributed by atoms with Gasteiger partial charge >= 0.3 is 0 Å². The van der Waals surface area contributed by atoms with Crippen molar-refractivity contribution in [3.63, 3.8) is 0 Å². The number of ether oxygens (including phenoxy) is 1. The molecule has 2 heterocycles. The molecular weight excluding hydrogens is 340 g/mol. The van der Waals surface area contributed by atoms with Gasteiger partial charge in [0.2, 0.25) is 0 Å². The van der Waals surface area contributed by atoms with E-state index >= 15 is 0 Å². The van der Waals surface area contributed by atoms with Gasteiger partial charge in [-0.05, 0) is 37.8 Å². The van der Waals surface area contributed by atoms with Crippen LogP contribution in [0.1, 0.15) is 54.1 Å². The van der Waals surface area contributed by atoms with Gasteiger partial charge in [-0.2, -0.15) is 0 Å². The minimum absolute atomic E-state index is 0.00675. The van der Waals surface area contributed by atoms with Crippen LogP contribution >= 0.6 is 11.6 Å². The molecule has 1 aliphatic carbocycles. The number of hydrogen-bond acceptors (Lipinski definition) is 3. The molecule has 0 radical (unpaired) electrons. The van der Waals surface area contributed by atoms with Gasteiger partial charge in [-0.15, -0.1) is 0 Å². The average Bonchev–Trinajstić information content (AvgIpc) is 3.04. The fraction of sp³-hybridized carbons (Fsp3) is 0.368. The van der Waals surface area contributed by atoms with Gasteiger partial charge in [0.1, 0.15) is 16.4 Å². The highest BCUT2D eigenvalue weighted by Gasteiger charge is 2.43. The zero-order valence-corrected chi connectivity index (χ0v) is 14.4. The van der Waals surface area contributed by atoms with E-state index in [4.69, 9.17) is 16.3 Å². The number of halogens is 1. The Balaban J connectivity index is 1.63. The van der Waals surface area contributed by atoms with E-state index < -0.39 is 5.56 Å². The summed E-state index contributed by atoms with van der Waals surface area (Å²) in [6.45, 7) is 0. The number of nitrogens with one attached hydrogen (secondary N) is 2. The number of pyridine rings is 1. The van der Waals surface area contributed by atoms with Crippen LogP contribution in [-0.4, -0.2) is 16.5 Å². The van der Waals surface area contributed by atoms with Crippen molar-refractivity contribution in [2.75, 3.05) is 0 Å². The van der Waals surface area contributed by atoms with Crippen LogP contribution in [0.4, 0.5) is 0 Å². The molecular formula is C19H19ClN2O3. The zero-order valence-electron chi connectivity index (χ0n) is 13.7. The van der Waals surface area contributed by atoms with Crippen LogP contribution in [0.2, 0.25) is 5.02 Å². The number of aromatic nitrogens is 1. The van der Waals surface area contributed by atoms with Crippen LogP contribution in [0.5, 0.6) is 5.75 Å². The lowest BCUT2D eigenvalue weighted by Gasteiger charge is -2.40. The van der Waals surface area contributed by atoms with Crippen molar-refractivity contribution >= 4 is 17.5 Å². The molecule has 1 aliphatic heterocycles. The number of benzene rings is 1. The first-order valence-corrected chi connectivity index (χ1v) is 8.91. The average molecular weight is 359 g/mol. The summed E-state index contributed by atoms with van der Waals surface area (Å²) in [5.41, 5.74) is 0.743. The van der Waals surface area contributed by atoms with E-state index in [0.717, 1.165) is 43.4 Å². The molecule has 25 heavy (non-hydrogen) atoms. The van der Waals surface area contributed by atoms with Crippen molar-refractivity contribution in [1.29, 1.82) is 0 Å². The quantitative estimate of drug-likeness (QED) is 0.861. The second kappa shape index (κ2) is 6.23. The lowest BCUT2D eigenvalue weighted by Crippen LogP contribution is -2.43. The summed E-state index contributed by atoms with van der Waals surface area (Å²) in [6, 6.07) is 9.12. The Hall–Kier alpha value is -2.27. The number of amides is 1. The first-order chi connectivity index (χ1) is 12.1. The van der Waals surface area contributed by atoms with E-state index in [1.807, 2.05) is 24.3 Å². The third kappa shape index (κ3) is 3.04. The molecule has 2 aliphatic rings. The fourth-order valence-electron chi connectivity index (χ4n) is 3.90. The third-order valence-electron chi connectivity index (χ3n) is 5.14. The number of aromatic amines is 1. The lowest BCUT2D eigenvalue weighted by atomic mass is 9.86. The number of para-hydroxylation sites is 1. The van der Waals surface area contributed by atoms with Crippen LogP contribution in [-0.2, 0) is 0 Å². The smallest absolute Gasteiger partial charge is 0.266 e. The van der Waals surface area contributed by atoms with Crippen LogP contribution in [0.3, 0.4) is 0 Å². The molecule has 130 valence electrons. The number of carbonyl (C=O) groups is 1. The Bertz CT molecular complexity index is 871. The highest BCUT2D eigenvalue weighted by molar-refractivity contribution is 6.30. The number of hydrogen-bond donors (Lipinski definition) is 2. The van der Waals surface area contributed by atoms with Crippen LogP contribution < -0.4 is 15.6 Å². The second-order valence-electron chi connectivity index (χ2n) is 6.83. The van der Waals surface area contributed by atoms with Crippen molar-refractivity contribution in [1.82, 2.24) is 10.3 Å². The summed E-state index contributed by atoms with van der Waals surface area (Å²) < 4.78 is 6.31. The molecule has 2 N–H and O–H groups in total. The van der Waals surface area contributed by atoms with E-state index in [9.17, 15) is 9.59 Å². The predicted octanol–water partition coefficient (Wildman–Crippen LogP) is 3.59. The van der Waals surface area contributed by atoms with E-state index in [2.05, 4.69) is 10.3 Å². The first kappa shape index (κ1) is 16.2. The largest absolute Gasteiger partial charge is 0.487 e. The van der Waals surface area contributed by atoms with Gasteiger partial charge in [0.25, 0.3) is 11.5 Å². The second-order valence-corrected chi connectivity index (χ2v) is 7.23. The van der Waals surface area contributed by atoms with Gasteiger partial charge in [-0.3, -0.25) is 9.59 Å². The van der Waals surface area contributed by atoms with E-state index in [1.54, 1.807) is 0 Å². The van der Waals surface area contributed by atoms with Gasteiger partial charge in [0, 0.05) is 18.2 Å². The van der Waals surface area contributed by atoms with Crippen molar-refractivity contribution in [3.8, 4) is 5.75 Å². The number of carbonyl (C=O) groups excluding carboxylic acids is 1. The van der Waals surface area contributed by atoms with Crippen LogP contribution in [0.25, 0.3) is 0 Å². The number of H-pyrrole nitrogens is 1. The minimum atomic E-state index is -0.403. The molecule has 1 fully saturated rings. The highest BCUT2D eigenvalue weighted by atomic mass is 35.5. The van der Waals surface area contributed by atoms with Gasteiger partial charge in [-0.25, -0.2) is 0 Å². The van der Waals surface area contributed by atoms with Crippen LogP contribution in [0.15, 0.2) is 41.3 Å². The molecule has 1 saturated carbocycles.